The Labute approximate surface area is 111 Å². The van der Waals surface area contributed by atoms with E-state index < -0.39 is 11.5 Å². The summed E-state index contributed by atoms with van der Waals surface area (Å²) in [5.41, 5.74) is 8.21. The third-order valence-corrected chi connectivity index (χ3v) is 5.20. The Morgan fingerprint density at radius 1 is 1.32 bits per heavy atom. The highest BCUT2D eigenvalue weighted by Crippen LogP contribution is 2.78. The van der Waals surface area contributed by atoms with Crippen molar-refractivity contribution in [3.05, 3.63) is 10.4 Å². The van der Waals surface area contributed by atoms with Crippen LogP contribution in [0.25, 0.3) is 0 Å². The van der Waals surface area contributed by atoms with Crippen molar-refractivity contribution in [2.45, 2.75) is 38.0 Å². The van der Waals surface area contributed by atoms with E-state index in [0.717, 1.165) is 12.8 Å². The Bertz CT molecular complexity index is 384. The summed E-state index contributed by atoms with van der Waals surface area (Å²) in [5.74, 6) is 0.286. The third-order valence-electron chi connectivity index (χ3n) is 5.20. The average molecular weight is 272 g/mol. The zero-order chi connectivity index (χ0) is 14.0. The third kappa shape index (κ3) is 1.69. The van der Waals surface area contributed by atoms with E-state index in [-0.39, 0.29) is 23.5 Å². The smallest absolute Gasteiger partial charge is 0.102 e. The van der Waals surface area contributed by atoms with Crippen LogP contribution >= 0.6 is 0 Å². The van der Waals surface area contributed by atoms with E-state index in [1.165, 1.54) is 14.1 Å². The first-order chi connectivity index (χ1) is 8.85. The summed E-state index contributed by atoms with van der Waals surface area (Å²) in [7, 11) is 2.80. The van der Waals surface area contributed by atoms with Crippen molar-refractivity contribution < 1.29 is 9.68 Å². The highest BCUT2D eigenvalue weighted by Gasteiger charge is 2.81. The Morgan fingerprint density at radius 3 is 2.53 bits per heavy atom. The molecule has 3 aliphatic carbocycles. The van der Waals surface area contributed by atoms with Crippen molar-refractivity contribution in [3.8, 4) is 0 Å². The number of hydrogen-bond donors (Lipinski definition) is 2. The quantitative estimate of drug-likeness (QED) is 0.657. The topological polar surface area (TPSA) is 109 Å². The van der Waals surface area contributed by atoms with Crippen LogP contribution in [0.2, 0.25) is 0 Å². The van der Waals surface area contributed by atoms with Gasteiger partial charge >= 0.3 is 0 Å². The molecule has 2 bridgehead atoms. The average Bonchev–Trinajstić information content (AvgIpc) is 2.95. The molecular weight excluding hydrogens is 252 g/mol. The van der Waals surface area contributed by atoms with Crippen LogP contribution in [0.5, 0.6) is 0 Å². The first-order valence-electron chi connectivity index (χ1n) is 6.50. The summed E-state index contributed by atoms with van der Waals surface area (Å²) >= 11 is 0. The summed E-state index contributed by atoms with van der Waals surface area (Å²) < 4.78 is 0. The molecule has 8 heteroatoms. The highest BCUT2D eigenvalue weighted by molar-refractivity contribution is 5.31. The predicted molar refractivity (Wildman–Crippen MR) is 66.4 cm³/mol. The molecule has 3 saturated carbocycles. The van der Waals surface area contributed by atoms with Crippen LogP contribution in [0, 0.1) is 27.2 Å². The number of nitrogens with two attached hydrogens (primary N) is 1. The summed E-state index contributed by atoms with van der Waals surface area (Å²) in [4.78, 5) is 10.7. The molecule has 3 aliphatic rings. The largest absolute Gasteiger partial charge is 0.762 e. The second kappa shape index (κ2) is 4.09. The molecule has 0 aliphatic heterocycles. The van der Waals surface area contributed by atoms with Gasteiger partial charge in [0.1, 0.15) is 6.10 Å². The lowest BCUT2D eigenvalue weighted by Gasteiger charge is -2.45. The molecule has 0 heterocycles. The molecule has 1 spiro atoms. The maximum Gasteiger partial charge on any atom is 0.102 e. The first-order valence-corrected chi connectivity index (χ1v) is 6.50. The lowest BCUT2D eigenvalue weighted by atomic mass is 9.79. The standard InChI is InChI=1S/C11H20N4O4/c1-10-5-11(7(12)9(10)18-14(3)16)4-6(11)8(10)19-15(17)13-2/h6-9,13H,4-5,12H2,1-3H3/q-2. The van der Waals surface area contributed by atoms with Gasteiger partial charge in [-0.2, -0.15) is 5.34 Å². The number of fused-ring (bicyclic) bond motifs is 1. The van der Waals surface area contributed by atoms with Crippen LogP contribution in [0.3, 0.4) is 0 Å². The van der Waals surface area contributed by atoms with Crippen molar-refractivity contribution >= 4 is 0 Å². The van der Waals surface area contributed by atoms with E-state index in [9.17, 15) is 10.4 Å². The van der Waals surface area contributed by atoms with E-state index in [0.29, 0.717) is 10.6 Å². The minimum atomic E-state index is -0.413. The van der Waals surface area contributed by atoms with E-state index >= 15 is 0 Å². The van der Waals surface area contributed by atoms with Crippen molar-refractivity contribution in [2.24, 2.45) is 22.5 Å². The number of rotatable bonds is 5. The fourth-order valence-electron chi connectivity index (χ4n) is 4.40. The molecule has 19 heavy (non-hydrogen) atoms. The maximum absolute atomic E-state index is 11.4. The molecule has 0 aromatic carbocycles. The van der Waals surface area contributed by atoms with Gasteiger partial charge in [-0.3, -0.25) is 10.1 Å². The molecule has 3 fully saturated rings. The van der Waals surface area contributed by atoms with Gasteiger partial charge in [-0.1, -0.05) is 6.92 Å². The van der Waals surface area contributed by atoms with E-state index in [1.807, 2.05) is 6.92 Å². The molecule has 0 saturated heterocycles. The lowest BCUT2D eigenvalue weighted by molar-refractivity contribution is -0.266. The van der Waals surface area contributed by atoms with Crippen LogP contribution in [-0.4, -0.2) is 42.9 Å². The van der Waals surface area contributed by atoms with Crippen LogP contribution < -0.4 is 11.2 Å². The van der Waals surface area contributed by atoms with Crippen molar-refractivity contribution in [3.63, 3.8) is 0 Å². The fourth-order valence-corrected chi connectivity index (χ4v) is 4.40. The van der Waals surface area contributed by atoms with Gasteiger partial charge in [0.05, 0.1) is 6.10 Å². The van der Waals surface area contributed by atoms with E-state index in [4.69, 9.17) is 15.4 Å². The van der Waals surface area contributed by atoms with Crippen LogP contribution in [-0.2, 0) is 9.68 Å². The molecule has 3 N–H and O–H groups in total. The van der Waals surface area contributed by atoms with Gasteiger partial charge in [0.25, 0.3) is 0 Å². The molecule has 0 radical (unpaired) electrons. The number of hydrazine groups is 1. The Hall–Kier alpha value is -0.320. The van der Waals surface area contributed by atoms with Gasteiger partial charge < -0.3 is 21.0 Å². The summed E-state index contributed by atoms with van der Waals surface area (Å²) in [6.07, 6.45) is 1.10. The van der Waals surface area contributed by atoms with Crippen LogP contribution in [0.1, 0.15) is 19.8 Å². The minimum absolute atomic E-state index is 0.0192. The molecule has 8 nitrogen and oxygen atoms in total. The molecular formula is C11H20N4O4-2. The summed E-state index contributed by atoms with van der Waals surface area (Å²) in [6, 6.07) is -0.173. The Kier molecular flexibility index (Phi) is 2.94. The normalized spacial score (nSPS) is 51.2. The second-order valence-corrected chi connectivity index (χ2v) is 6.22. The number of nitrogens with one attached hydrogen (secondary N) is 1. The zero-order valence-electron chi connectivity index (χ0n) is 11.3. The van der Waals surface area contributed by atoms with E-state index in [1.54, 1.807) is 0 Å². The summed E-state index contributed by atoms with van der Waals surface area (Å²) in [6.45, 7) is 1.98. The van der Waals surface area contributed by atoms with Crippen molar-refractivity contribution in [1.29, 1.82) is 0 Å². The molecule has 3 rings (SSSR count). The van der Waals surface area contributed by atoms with Crippen LogP contribution in [0.4, 0.5) is 0 Å². The zero-order valence-corrected chi connectivity index (χ0v) is 11.3. The molecule has 0 amide bonds. The maximum atomic E-state index is 11.4. The van der Waals surface area contributed by atoms with Gasteiger partial charge in [0.15, 0.2) is 0 Å². The second-order valence-electron chi connectivity index (χ2n) is 6.22. The monoisotopic (exact) mass is 272 g/mol. The molecule has 6 atom stereocenters. The molecule has 6 unspecified atom stereocenters. The van der Waals surface area contributed by atoms with E-state index in [2.05, 4.69) is 5.43 Å². The predicted octanol–water partition coefficient (Wildman–Crippen LogP) is -0.292. The van der Waals surface area contributed by atoms with Crippen molar-refractivity contribution in [2.75, 3.05) is 14.1 Å². The van der Waals surface area contributed by atoms with Gasteiger partial charge in [0.2, 0.25) is 0 Å². The van der Waals surface area contributed by atoms with Crippen LogP contribution in [0.15, 0.2) is 0 Å². The summed E-state index contributed by atoms with van der Waals surface area (Å²) in [5, 5.41) is 23.4. The lowest BCUT2D eigenvalue weighted by Crippen LogP contribution is -2.55. The fraction of sp³-hybridized carbons (Fsp3) is 1.00. The van der Waals surface area contributed by atoms with Gasteiger partial charge in [-0.15, -0.1) is 0 Å². The van der Waals surface area contributed by atoms with Gasteiger partial charge in [-0.25, -0.2) is 5.43 Å². The number of hydrogen-bond acceptors (Lipinski definition) is 8. The van der Waals surface area contributed by atoms with Gasteiger partial charge in [-0.05, 0) is 38.3 Å². The number of nitrogens with zero attached hydrogens (tertiary/aromatic N) is 2. The van der Waals surface area contributed by atoms with Gasteiger partial charge in [0, 0.05) is 11.5 Å². The SMILES string of the molecule is CNN([O-])OC1C2CC23CC1(C)C(ON(C)[O-])C3N. The molecule has 0 aromatic heterocycles. The first kappa shape index (κ1) is 13.7. The number of hydroxylamine groups is 2. The molecule has 0 aromatic rings. The Morgan fingerprint density at radius 2 is 2.00 bits per heavy atom. The highest BCUT2D eigenvalue weighted by atomic mass is 16.9. The van der Waals surface area contributed by atoms with Crippen molar-refractivity contribution in [1.82, 2.24) is 16.0 Å². The minimum Gasteiger partial charge on any atom is -0.762 e. The Balaban J connectivity index is 1.82. The molecule has 110 valence electrons.